The van der Waals surface area contributed by atoms with Crippen LogP contribution in [0.5, 0.6) is 0 Å². The Labute approximate surface area is 201 Å². The molecule has 1 heterocycles. The molecule has 0 N–H and O–H groups in total. The largest absolute Gasteiger partial charge is 0.451 e. The first-order valence-corrected chi connectivity index (χ1v) is 11.9. The molecule has 33 heavy (non-hydrogen) atoms. The fraction of sp³-hybridized carbons (Fsp3) is 0.280. The first-order valence-electron chi connectivity index (χ1n) is 10.7. The third-order valence-corrected chi connectivity index (χ3v) is 7.20. The van der Waals surface area contributed by atoms with Gasteiger partial charge in [-0.25, -0.2) is 9.78 Å². The van der Waals surface area contributed by atoms with Crippen molar-refractivity contribution in [1.29, 1.82) is 0 Å². The lowest BCUT2D eigenvalue weighted by Gasteiger charge is -2.43. The highest BCUT2D eigenvalue weighted by molar-refractivity contribution is 7.13. The Morgan fingerprint density at radius 2 is 1.85 bits per heavy atom. The first kappa shape index (κ1) is 23.1. The van der Waals surface area contributed by atoms with E-state index in [0.29, 0.717) is 28.4 Å². The maximum absolute atomic E-state index is 13.1. The third-order valence-electron chi connectivity index (χ3n) is 5.98. The van der Waals surface area contributed by atoms with Gasteiger partial charge in [0.1, 0.15) is 10.5 Å². The maximum atomic E-state index is 13.1. The normalized spacial score (nSPS) is 18.1. The Hall–Kier alpha value is -3.03. The van der Waals surface area contributed by atoms with Gasteiger partial charge in [-0.2, -0.15) is 0 Å². The molecule has 2 aromatic carbocycles. The number of hydrogen-bond acceptors (Lipinski definition) is 6. The van der Waals surface area contributed by atoms with Gasteiger partial charge in [-0.1, -0.05) is 60.1 Å². The summed E-state index contributed by atoms with van der Waals surface area (Å²) < 4.78 is 5.27. The zero-order valence-electron chi connectivity index (χ0n) is 18.1. The second-order valence-electron chi connectivity index (χ2n) is 7.90. The fourth-order valence-corrected chi connectivity index (χ4v) is 5.31. The summed E-state index contributed by atoms with van der Waals surface area (Å²) in [4.78, 5) is 44.5. The van der Waals surface area contributed by atoms with Gasteiger partial charge < -0.3 is 9.64 Å². The summed E-state index contributed by atoms with van der Waals surface area (Å²) >= 11 is 7.77. The van der Waals surface area contributed by atoms with Gasteiger partial charge in [0.25, 0.3) is 5.91 Å². The van der Waals surface area contributed by atoms with Crippen molar-refractivity contribution < 1.29 is 19.1 Å². The molecule has 1 unspecified atom stereocenters. The Morgan fingerprint density at radius 1 is 1.12 bits per heavy atom. The molecule has 3 aromatic rings. The predicted molar refractivity (Wildman–Crippen MR) is 127 cm³/mol. The van der Waals surface area contributed by atoms with E-state index < -0.39 is 24.0 Å². The number of carbonyl (C=O) groups excluding carboxylic acids is 3. The second-order valence-corrected chi connectivity index (χ2v) is 9.17. The minimum atomic E-state index is -1.17. The number of ketones is 1. The molecule has 8 heteroatoms. The Balaban J connectivity index is 1.49. The van der Waals surface area contributed by atoms with Crippen molar-refractivity contribution in [2.75, 3.05) is 13.7 Å². The number of likely N-dealkylation sites (N-methyl/N-ethyl adjacent to an activating group) is 1. The number of thiazole rings is 1. The number of aromatic nitrogens is 1. The summed E-state index contributed by atoms with van der Waals surface area (Å²) in [6.45, 7) is -0.493. The van der Waals surface area contributed by atoms with Crippen LogP contribution in [0, 0.1) is 0 Å². The number of esters is 1. The number of hydrogen-bond donors (Lipinski definition) is 0. The molecule has 1 aliphatic rings. The quantitative estimate of drug-likeness (QED) is 0.456. The van der Waals surface area contributed by atoms with Crippen LogP contribution in [0.15, 0.2) is 60.0 Å². The number of ether oxygens (including phenoxy) is 1. The van der Waals surface area contributed by atoms with E-state index in [0.717, 1.165) is 18.4 Å². The number of nitrogens with zero attached hydrogens (tertiary/aromatic N) is 2. The fourth-order valence-electron chi connectivity index (χ4n) is 4.22. The predicted octanol–water partition coefficient (Wildman–Crippen LogP) is 5.12. The van der Waals surface area contributed by atoms with Crippen molar-refractivity contribution in [2.24, 2.45) is 0 Å². The lowest BCUT2D eigenvalue weighted by molar-refractivity contribution is -0.150. The van der Waals surface area contributed by atoms with Crippen LogP contribution in [0.1, 0.15) is 41.7 Å². The summed E-state index contributed by atoms with van der Waals surface area (Å²) in [6, 6.07) is 16.6. The molecule has 1 saturated carbocycles. The molecule has 170 valence electrons. The van der Waals surface area contributed by atoms with Crippen molar-refractivity contribution in [1.82, 2.24) is 9.88 Å². The van der Waals surface area contributed by atoms with Crippen molar-refractivity contribution >= 4 is 40.6 Å². The topological polar surface area (TPSA) is 76.6 Å². The Bertz CT molecular complexity index is 1180. The minimum absolute atomic E-state index is 0.0592. The zero-order chi connectivity index (χ0) is 23.4. The zero-order valence-corrected chi connectivity index (χ0v) is 19.7. The van der Waals surface area contributed by atoms with E-state index in [2.05, 4.69) is 4.98 Å². The molecule has 0 spiro atoms. The number of amides is 1. The number of carbonyl (C=O) groups is 3. The van der Waals surface area contributed by atoms with E-state index in [-0.39, 0.29) is 11.5 Å². The van der Waals surface area contributed by atoms with E-state index in [1.807, 2.05) is 30.3 Å². The van der Waals surface area contributed by atoms with Crippen molar-refractivity contribution in [3.05, 3.63) is 76.3 Å². The minimum Gasteiger partial charge on any atom is -0.451 e. The highest BCUT2D eigenvalue weighted by Crippen LogP contribution is 2.42. The van der Waals surface area contributed by atoms with Gasteiger partial charge in [-0.15, -0.1) is 11.3 Å². The van der Waals surface area contributed by atoms with E-state index in [1.54, 1.807) is 36.7 Å². The van der Waals surface area contributed by atoms with Gasteiger partial charge in [0.05, 0.1) is 0 Å². The molecule has 1 atom stereocenters. The summed E-state index contributed by atoms with van der Waals surface area (Å²) in [6.07, 6.45) is 2.40. The first-order chi connectivity index (χ1) is 15.9. The van der Waals surface area contributed by atoms with Gasteiger partial charge in [-0.3, -0.25) is 9.59 Å². The van der Waals surface area contributed by atoms with Gasteiger partial charge in [0, 0.05) is 35.0 Å². The molecule has 1 aliphatic carbocycles. The third kappa shape index (κ3) is 4.56. The summed E-state index contributed by atoms with van der Waals surface area (Å²) in [7, 11) is 1.57. The lowest BCUT2D eigenvalue weighted by atomic mass is 9.74. The van der Waals surface area contributed by atoms with E-state index in [1.165, 1.54) is 16.2 Å². The smallest absolute Gasteiger partial charge is 0.358 e. The molecule has 4 rings (SSSR count). The van der Waals surface area contributed by atoms with Gasteiger partial charge >= 0.3 is 5.97 Å². The standard InChI is InChI=1S/C25H23ClN2O4S/c1-28(25(14-8-7-13-21(25)29)18-11-5-6-12-19(18)26)22(30)15-32-24(31)20-16-33-23(27-20)17-9-3-2-4-10-17/h2-6,9-12,16H,7-8,13-15H2,1H3. The van der Waals surface area contributed by atoms with E-state index in [4.69, 9.17) is 16.3 Å². The highest BCUT2D eigenvalue weighted by Gasteiger charge is 2.48. The van der Waals surface area contributed by atoms with Gasteiger partial charge in [0.2, 0.25) is 0 Å². The van der Waals surface area contributed by atoms with Crippen LogP contribution in [0.4, 0.5) is 0 Å². The van der Waals surface area contributed by atoms with Crippen molar-refractivity contribution in [3.63, 3.8) is 0 Å². The average Bonchev–Trinajstić information content (AvgIpc) is 3.34. The molecule has 1 fully saturated rings. The number of Topliss-reactive ketones (excluding diaryl/α,β-unsaturated/α-hetero) is 1. The van der Waals surface area contributed by atoms with Crippen LogP contribution in [0.25, 0.3) is 10.6 Å². The van der Waals surface area contributed by atoms with E-state index in [9.17, 15) is 14.4 Å². The lowest BCUT2D eigenvalue weighted by Crippen LogP contribution is -2.55. The molecular formula is C25H23ClN2O4S. The van der Waals surface area contributed by atoms with Gasteiger partial charge in [-0.05, 0) is 25.3 Å². The Kier molecular flexibility index (Phi) is 6.91. The molecule has 1 aromatic heterocycles. The molecule has 1 amide bonds. The van der Waals surface area contributed by atoms with Crippen LogP contribution in [0.3, 0.4) is 0 Å². The van der Waals surface area contributed by atoms with Crippen LogP contribution >= 0.6 is 22.9 Å². The Morgan fingerprint density at radius 3 is 2.58 bits per heavy atom. The summed E-state index contributed by atoms with van der Waals surface area (Å²) in [5, 5.41) is 2.73. The van der Waals surface area contributed by atoms with Crippen molar-refractivity contribution in [3.8, 4) is 10.6 Å². The van der Waals surface area contributed by atoms with Crippen LogP contribution < -0.4 is 0 Å². The highest BCUT2D eigenvalue weighted by atomic mass is 35.5. The molecule has 6 nitrogen and oxygen atoms in total. The second kappa shape index (κ2) is 9.85. The molecule has 0 aliphatic heterocycles. The van der Waals surface area contributed by atoms with Crippen LogP contribution in [0.2, 0.25) is 5.02 Å². The van der Waals surface area contributed by atoms with Crippen LogP contribution in [-0.2, 0) is 19.9 Å². The molecule has 0 bridgehead atoms. The molecule has 0 radical (unpaired) electrons. The number of rotatable bonds is 6. The summed E-state index contributed by atoms with van der Waals surface area (Å²) in [5.74, 6) is -1.22. The monoisotopic (exact) mass is 482 g/mol. The van der Waals surface area contributed by atoms with Crippen LogP contribution in [-0.4, -0.2) is 41.2 Å². The number of halogens is 1. The maximum Gasteiger partial charge on any atom is 0.358 e. The van der Waals surface area contributed by atoms with Crippen molar-refractivity contribution in [2.45, 2.75) is 31.2 Å². The molecular weight excluding hydrogens is 460 g/mol. The SMILES string of the molecule is CN(C(=O)COC(=O)c1csc(-c2ccccc2)n1)C1(c2ccccc2Cl)CCCCC1=O. The van der Waals surface area contributed by atoms with Gasteiger partial charge in [0.15, 0.2) is 18.1 Å². The van der Waals surface area contributed by atoms with E-state index >= 15 is 0 Å². The number of benzene rings is 2. The molecule has 0 saturated heterocycles. The average molecular weight is 483 g/mol. The summed E-state index contributed by atoms with van der Waals surface area (Å²) in [5.41, 5.74) is 0.477.